The maximum absolute atomic E-state index is 5.74. The molecule has 0 heterocycles. The van der Waals surface area contributed by atoms with E-state index in [1.54, 1.807) is 0 Å². The second-order valence-corrected chi connectivity index (χ2v) is 4.93. The molecule has 1 nitrogen and oxygen atoms in total. The van der Waals surface area contributed by atoms with E-state index in [0.717, 1.165) is 24.3 Å². The highest BCUT2D eigenvalue weighted by Crippen LogP contribution is 2.60. The lowest BCUT2D eigenvalue weighted by Crippen LogP contribution is -2.53. The molecule has 3 aliphatic carbocycles. The van der Waals surface area contributed by atoms with Crippen molar-refractivity contribution < 1.29 is 0 Å². The Kier molecular flexibility index (Phi) is 1.54. The minimum Gasteiger partial charge on any atom is -0.330 e. The molecule has 0 radical (unpaired) electrons. The molecule has 3 rings (SSSR count). The van der Waals surface area contributed by atoms with Gasteiger partial charge in [0.15, 0.2) is 0 Å². The maximum Gasteiger partial charge on any atom is -0.00460 e. The third-order valence-electron chi connectivity index (χ3n) is 4.30. The highest BCUT2D eigenvalue weighted by molar-refractivity contribution is 5.03. The number of fused-ring (bicyclic) bond motifs is 2. The van der Waals surface area contributed by atoms with Crippen molar-refractivity contribution in [1.29, 1.82) is 0 Å². The molecule has 0 aromatic rings. The molecule has 3 fully saturated rings. The van der Waals surface area contributed by atoms with E-state index in [0.29, 0.717) is 5.41 Å². The normalized spacial score (nSPS) is 46.6. The Hall–Kier alpha value is -0.0400. The Balaban J connectivity index is 2.10. The molecule has 11 heavy (non-hydrogen) atoms. The molecule has 3 atom stereocenters. The number of rotatable bonds is 1. The average molecular weight is 153 g/mol. The largest absolute Gasteiger partial charge is 0.330 e. The molecule has 3 aliphatic rings. The van der Waals surface area contributed by atoms with E-state index in [1.165, 1.54) is 19.3 Å². The summed E-state index contributed by atoms with van der Waals surface area (Å²) in [6, 6.07) is 0. The van der Waals surface area contributed by atoms with Crippen molar-refractivity contribution >= 4 is 0 Å². The molecule has 0 amide bonds. The van der Waals surface area contributed by atoms with Gasteiger partial charge >= 0.3 is 0 Å². The molecule has 1 heteroatoms. The van der Waals surface area contributed by atoms with Crippen LogP contribution in [0.2, 0.25) is 0 Å². The Morgan fingerprint density at radius 2 is 2.09 bits per heavy atom. The molecule has 0 saturated heterocycles. The van der Waals surface area contributed by atoms with Crippen LogP contribution in [0.5, 0.6) is 0 Å². The monoisotopic (exact) mass is 153 g/mol. The molecule has 0 aromatic carbocycles. The third-order valence-corrected chi connectivity index (χ3v) is 4.30. The van der Waals surface area contributed by atoms with Crippen molar-refractivity contribution in [2.45, 2.75) is 33.1 Å². The first-order chi connectivity index (χ1) is 5.16. The Morgan fingerprint density at radius 1 is 1.36 bits per heavy atom. The van der Waals surface area contributed by atoms with Crippen molar-refractivity contribution in [2.24, 2.45) is 28.9 Å². The van der Waals surface area contributed by atoms with E-state index < -0.39 is 0 Å². The van der Waals surface area contributed by atoms with Crippen LogP contribution in [-0.4, -0.2) is 6.54 Å². The summed E-state index contributed by atoms with van der Waals surface area (Å²) >= 11 is 0. The highest BCUT2D eigenvalue weighted by Gasteiger charge is 2.53. The molecule has 3 unspecified atom stereocenters. The van der Waals surface area contributed by atoms with Crippen LogP contribution in [-0.2, 0) is 0 Å². The van der Waals surface area contributed by atoms with Gasteiger partial charge < -0.3 is 5.73 Å². The van der Waals surface area contributed by atoms with Crippen LogP contribution in [0.15, 0.2) is 0 Å². The highest BCUT2D eigenvalue weighted by atomic mass is 14.6. The zero-order chi connectivity index (χ0) is 8.06. The van der Waals surface area contributed by atoms with Gasteiger partial charge in [0.2, 0.25) is 0 Å². The number of hydrogen-bond acceptors (Lipinski definition) is 1. The lowest BCUT2D eigenvalue weighted by molar-refractivity contribution is -0.101. The van der Waals surface area contributed by atoms with Crippen molar-refractivity contribution in [2.75, 3.05) is 6.54 Å². The summed E-state index contributed by atoms with van der Waals surface area (Å²) in [6.07, 6.45) is 4.30. The van der Waals surface area contributed by atoms with Crippen LogP contribution in [0.25, 0.3) is 0 Å². The molecule has 64 valence electrons. The third kappa shape index (κ3) is 0.868. The van der Waals surface area contributed by atoms with Gasteiger partial charge in [-0.25, -0.2) is 0 Å². The first-order valence-corrected chi connectivity index (χ1v) is 4.86. The summed E-state index contributed by atoms with van der Waals surface area (Å²) in [7, 11) is 0. The van der Waals surface area contributed by atoms with Crippen LogP contribution in [0.3, 0.4) is 0 Å². The smallest absolute Gasteiger partial charge is 0.00460 e. The van der Waals surface area contributed by atoms with Gasteiger partial charge in [-0.15, -0.1) is 0 Å². The van der Waals surface area contributed by atoms with Crippen LogP contribution in [0, 0.1) is 23.2 Å². The molecular weight excluding hydrogens is 134 g/mol. The van der Waals surface area contributed by atoms with Gasteiger partial charge in [0.1, 0.15) is 0 Å². The quantitative estimate of drug-likeness (QED) is 0.612. The Bertz CT molecular complexity index is 160. The molecule has 0 aliphatic heterocycles. The zero-order valence-electron chi connectivity index (χ0n) is 7.64. The van der Waals surface area contributed by atoms with Gasteiger partial charge in [-0.05, 0) is 49.0 Å². The Morgan fingerprint density at radius 3 is 2.45 bits per heavy atom. The lowest BCUT2D eigenvalue weighted by Gasteiger charge is -2.60. The predicted octanol–water partition coefficient (Wildman–Crippen LogP) is 2.02. The fourth-order valence-corrected chi connectivity index (χ4v) is 3.24. The van der Waals surface area contributed by atoms with Crippen molar-refractivity contribution in [3.8, 4) is 0 Å². The van der Waals surface area contributed by atoms with Gasteiger partial charge in [-0.1, -0.05) is 13.8 Å². The first kappa shape index (κ1) is 7.60. The van der Waals surface area contributed by atoms with E-state index in [-0.39, 0.29) is 0 Å². The minimum atomic E-state index is 0.627. The number of nitrogens with two attached hydrogens (primary N) is 1. The van der Waals surface area contributed by atoms with Crippen LogP contribution < -0.4 is 5.73 Å². The molecule has 2 bridgehead atoms. The standard InChI is InChI=1S/C10H19N/c1-10(2)8-4-3-7(6-11)9(10)5-8/h7-9H,3-6,11H2,1-2H3. The molecule has 2 N–H and O–H groups in total. The fourth-order valence-electron chi connectivity index (χ4n) is 3.24. The summed E-state index contributed by atoms with van der Waals surface area (Å²) in [5.74, 6) is 2.82. The van der Waals surface area contributed by atoms with E-state index >= 15 is 0 Å². The van der Waals surface area contributed by atoms with Crippen LogP contribution in [0.1, 0.15) is 33.1 Å². The lowest BCUT2D eigenvalue weighted by atomic mass is 9.45. The van der Waals surface area contributed by atoms with Crippen molar-refractivity contribution in [3.05, 3.63) is 0 Å². The summed E-state index contributed by atoms with van der Waals surface area (Å²) < 4.78 is 0. The second-order valence-electron chi connectivity index (χ2n) is 4.93. The number of hydrogen-bond donors (Lipinski definition) is 1. The van der Waals surface area contributed by atoms with Crippen molar-refractivity contribution in [1.82, 2.24) is 0 Å². The summed E-state index contributed by atoms with van der Waals surface area (Å²) in [6.45, 7) is 5.77. The van der Waals surface area contributed by atoms with Gasteiger partial charge in [-0.2, -0.15) is 0 Å². The topological polar surface area (TPSA) is 26.0 Å². The Labute approximate surface area is 69.4 Å². The van der Waals surface area contributed by atoms with E-state index in [4.69, 9.17) is 5.73 Å². The van der Waals surface area contributed by atoms with Crippen molar-refractivity contribution in [3.63, 3.8) is 0 Å². The van der Waals surface area contributed by atoms with Gasteiger partial charge in [-0.3, -0.25) is 0 Å². The SMILES string of the molecule is CC1(C)C2CCC(CN)C1C2. The molecule has 3 saturated carbocycles. The minimum absolute atomic E-state index is 0.627. The van der Waals surface area contributed by atoms with Gasteiger partial charge in [0.05, 0.1) is 0 Å². The average Bonchev–Trinajstić information content (AvgIpc) is 2.04. The van der Waals surface area contributed by atoms with Gasteiger partial charge in [0.25, 0.3) is 0 Å². The van der Waals surface area contributed by atoms with E-state index in [9.17, 15) is 0 Å². The summed E-state index contributed by atoms with van der Waals surface area (Å²) in [5.41, 5.74) is 6.37. The fraction of sp³-hybridized carbons (Fsp3) is 1.00. The predicted molar refractivity (Wildman–Crippen MR) is 47.2 cm³/mol. The first-order valence-electron chi connectivity index (χ1n) is 4.86. The zero-order valence-corrected chi connectivity index (χ0v) is 7.64. The second kappa shape index (κ2) is 2.22. The summed E-state index contributed by atoms with van der Waals surface area (Å²) in [4.78, 5) is 0. The summed E-state index contributed by atoms with van der Waals surface area (Å²) in [5, 5.41) is 0. The van der Waals surface area contributed by atoms with Crippen LogP contribution in [0.4, 0.5) is 0 Å². The molecular formula is C10H19N. The maximum atomic E-state index is 5.74. The molecule has 0 spiro atoms. The van der Waals surface area contributed by atoms with Gasteiger partial charge in [0, 0.05) is 0 Å². The van der Waals surface area contributed by atoms with Crippen LogP contribution >= 0.6 is 0 Å². The van der Waals surface area contributed by atoms with E-state index in [1.807, 2.05) is 0 Å². The molecule has 0 aromatic heterocycles. The van der Waals surface area contributed by atoms with E-state index in [2.05, 4.69) is 13.8 Å².